The van der Waals surface area contributed by atoms with E-state index in [-0.39, 0.29) is 10.6 Å². The molecular formula is C15H22N4O2. The number of hydrogen-bond acceptors (Lipinski definition) is 5. The van der Waals surface area contributed by atoms with E-state index in [2.05, 4.69) is 15.2 Å². The van der Waals surface area contributed by atoms with Crippen LogP contribution in [-0.2, 0) is 0 Å². The van der Waals surface area contributed by atoms with Crippen molar-refractivity contribution in [3.8, 4) is 0 Å². The maximum absolute atomic E-state index is 10.8. The minimum atomic E-state index is -0.382. The van der Waals surface area contributed by atoms with Crippen LogP contribution in [0.1, 0.15) is 31.2 Å². The van der Waals surface area contributed by atoms with Gasteiger partial charge in [0.2, 0.25) is 0 Å². The highest BCUT2D eigenvalue weighted by molar-refractivity contribution is 5.51. The van der Waals surface area contributed by atoms with E-state index in [1.807, 2.05) is 6.92 Å². The molecule has 1 atom stereocenters. The fraction of sp³-hybridized carbons (Fsp3) is 0.667. The number of nitrogens with one attached hydrogen (secondary N) is 1. The van der Waals surface area contributed by atoms with Gasteiger partial charge in [-0.05, 0) is 44.7 Å². The van der Waals surface area contributed by atoms with Gasteiger partial charge in [-0.3, -0.25) is 10.1 Å². The number of aromatic nitrogens is 1. The van der Waals surface area contributed by atoms with Gasteiger partial charge in [-0.15, -0.1) is 0 Å². The Morgan fingerprint density at radius 2 is 2.24 bits per heavy atom. The second kappa shape index (κ2) is 5.60. The summed E-state index contributed by atoms with van der Waals surface area (Å²) in [5, 5.41) is 14.3. The van der Waals surface area contributed by atoms with E-state index in [9.17, 15) is 10.1 Å². The van der Waals surface area contributed by atoms with Gasteiger partial charge in [0, 0.05) is 31.1 Å². The number of aryl methyl sites for hydroxylation is 1. The summed E-state index contributed by atoms with van der Waals surface area (Å²) in [5.41, 5.74) is 1.32. The summed E-state index contributed by atoms with van der Waals surface area (Å²) in [5.74, 6) is 0.908. The summed E-state index contributed by atoms with van der Waals surface area (Å²) in [6.07, 6.45) is 6.31. The highest BCUT2D eigenvalue weighted by atomic mass is 16.6. The number of piperidine rings is 2. The van der Waals surface area contributed by atoms with E-state index in [1.54, 1.807) is 6.07 Å². The quantitative estimate of drug-likeness (QED) is 0.668. The Bertz CT molecular complexity index is 535. The summed E-state index contributed by atoms with van der Waals surface area (Å²) in [4.78, 5) is 17.1. The van der Waals surface area contributed by atoms with Crippen molar-refractivity contribution in [3.05, 3.63) is 27.9 Å². The van der Waals surface area contributed by atoms with Crippen molar-refractivity contribution in [2.24, 2.45) is 5.41 Å². The molecule has 0 aliphatic carbocycles. The molecule has 6 heteroatoms. The molecule has 3 rings (SSSR count). The highest BCUT2D eigenvalue weighted by Crippen LogP contribution is 2.38. The van der Waals surface area contributed by atoms with Crippen LogP contribution >= 0.6 is 0 Å². The molecule has 0 bridgehead atoms. The minimum Gasteiger partial charge on any atom is -0.356 e. The van der Waals surface area contributed by atoms with E-state index in [1.165, 1.54) is 31.9 Å². The third-order valence-electron chi connectivity index (χ3n) is 4.77. The van der Waals surface area contributed by atoms with E-state index < -0.39 is 0 Å². The second-order valence-electron chi connectivity index (χ2n) is 6.40. The van der Waals surface area contributed by atoms with Gasteiger partial charge in [-0.1, -0.05) is 0 Å². The fourth-order valence-electron chi connectivity index (χ4n) is 3.75. The molecule has 2 fully saturated rings. The van der Waals surface area contributed by atoms with E-state index in [0.29, 0.717) is 5.41 Å². The molecule has 2 saturated heterocycles. The highest BCUT2D eigenvalue weighted by Gasteiger charge is 2.37. The molecule has 0 aromatic carbocycles. The second-order valence-corrected chi connectivity index (χ2v) is 6.40. The average molecular weight is 290 g/mol. The van der Waals surface area contributed by atoms with Crippen LogP contribution in [0.3, 0.4) is 0 Å². The summed E-state index contributed by atoms with van der Waals surface area (Å²) >= 11 is 0. The SMILES string of the molecule is Cc1cc([N+](=O)[O-])cnc1N1CCCC2(CCCNC2)C1. The number of nitrogens with zero attached hydrogens (tertiary/aromatic N) is 3. The Balaban J connectivity index is 1.81. The van der Waals surface area contributed by atoms with Crippen molar-refractivity contribution in [1.29, 1.82) is 0 Å². The normalized spacial score (nSPS) is 26.0. The number of anilines is 1. The van der Waals surface area contributed by atoms with E-state index in [4.69, 9.17) is 0 Å². The molecule has 6 nitrogen and oxygen atoms in total. The number of hydrogen-bond donors (Lipinski definition) is 1. The van der Waals surface area contributed by atoms with Gasteiger partial charge in [0.15, 0.2) is 0 Å². The Labute approximate surface area is 124 Å². The molecule has 0 radical (unpaired) electrons. The van der Waals surface area contributed by atoms with Gasteiger partial charge in [-0.25, -0.2) is 4.98 Å². The lowest BCUT2D eigenvalue weighted by Crippen LogP contribution is -2.51. The molecule has 2 aliphatic heterocycles. The lowest BCUT2D eigenvalue weighted by atomic mass is 9.74. The molecule has 114 valence electrons. The molecule has 21 heavy (non-hydrogen) atoms. The van der Waals surface area contributed by atoms with Gasteiger partial charge in [0.25, 0.3) is 5.69 Å². The van der Waals surface area contributed by atoms with Crippen LogP contribution in [0, 0.1) is 22.5 Å². The molecular weight excluding hydrogens is 268 g/mol. The third kappa shape index (κ3) is 2.85. The first-order valence-electron chi connectivity index (χ1n) is 7.66. The molecule has 1 aromatic rings. The molecule has 0 saturated carbocycles. The number of pyridine rings is 1. The topological polar surface area (TPSA) is 71.3 Å². The van der Waals surface area contributed by atoms with Crippen LogP contribution in [0.2, 0.25) is 0 Å². The van der Waals surface area contributed by atoms with Crippen LogP contribution in [0.4, 0.5) is 11.5 Å². The number of nitro groups is 1. The average Bonchev–Trinajstić information content (AvgIpc) is 2.48. The van der Waals surface area contributed by atoms with Crippen LogP contribution in [0.5, 0.6) is 0 Å². The first-order valence-corrected chi connectivity index (χ1v) is 7.66. The molecule has 0 amide bonds. The van der Waals surface area contributed by atoms with E-state index in [0.717, 1.165) is 37.6 Å². The minimum absolute atomic E-state index is 0.0716. The molecule has 1 spiro atoms. The summed E-state index contributed by atoms with van der Waals surface area (Å²) in [6, 6.07) is 1.63. The van der Waals surface area contributed by atoms with Gasteiger partial charge >= 0.3 is 0 Å². The zero-order valence-corrected chi connectivity index (χ0v) is 12.5. The van der Waals surface area contributed by atoms with Crippen LogP contribution in [0.15, 0.2) is 12.3 Å². The predicted octanol–water partition coefficient (Wildman–Crippen LogP) is 2.27. The lowest BCUT2D eigenvalue weighted by molar-refractivity contribution is -0.385. The summed E-state index contributed by atoms with van der Waals surface area (Å²) < 4.78 is 0. The Hall–Kier alpha value is -1.69. The van der Waals surface area contributed by atoms with Crippen molar-refractivity contribution in [3.63, 3.8) is 0 Å². The zero-order valence-electron chi connectivity index (χ0n) is 12.5. The van der Waals surface area contributed by atoms with Crippen molar-refractivity contribution >= 4 is 11.5 Å². The molecule has 1 aromatic heterocycles. The lowest BCUT2D eigenvalue weighted by Gasteiger charge is -2.46. The van der Waals surface area contributed by atoms with Crippen LogP contribution in [-0.4, -0.2) is 36.1 Å². The molecule has 1 N–H and O–H groups in total. The monoisotopic (exact) mass is 290 g/mol. The Morgan fingerprint density at radius 3 is 2.90 bits per heavy atom. The summed E-state index contributed by atoms with van der Waals surface area (Å²) in [7, 11) is 0. The molecule has 1 unspecified atom stereocenters. The smallest absolute Gasteiger partial charge is 0.287 e. The van der Waals surface area contributed by atoms with Crippen molar-refractivity contribution in [2.75, 3.05) is 31.1 Å². The molecule has 3 heterocycles. The standard InChI is InChI=1S/C15H22N4O2/c1-12-8-13(19(20)21)9-17-14(12)18-7-3-5-15(11-18)4-2-6-16-10-15/h8-9,16H,2-7,10-11H2,1H3. The first-order chi connectivity index (χ1) is 10.1. The van der Waals surface area contributed by atoms with E-state index >= 15 is 0 Å². The predicted molar refractivity (Wildman–Crippen MR) is 81.6 cm³/mol. The van der Waals surface area contributed by atoms with Crippen LogP contribution in [0.25, 0.3) is 0 Å². The molecule has 2 aliphatic rings. The summed E-state index contributed by atoms with van der Waals surface area (Å²) in [6.45, 7) is 6.11. The Morgan fingerprint density at radius 1 is 1.43 bits per heavy atom. The van der Waals surface area contributed by atoms with Gasteiger partial charge in [0.1, 0.15) is 12.0 Å². The zero-order chi connectivity index (χ0) is 14.9. The maximum Gasteiger partial charge on any atom is 0.287 e. The number of rotatable bonds is 2. The Kier molecular flexibility index (Phi) is 3.80. The van der Waals surface area contributed by atoms with Gasteiger partial charge < -0.3 is 10.2 Å². The first kappa shape index (κ1) is 14.3. The van der Waals surface area contributed by atoms with Crippen LogP contribution < -0.4 is 10.2 Å². The largest absolute Gasteiger partial charge is 0.356 e. The maximum atomic E-state index is 10.8. The fourth-order valence-corrected chi connectivity index (χ4v) is 3.75. The van der Waals surface area contributed by atoms with Gasteiger partial charge in [0.05, 0.1) is 4.92 Å². The van der Waals surface area contributed by atoms with Crippen molar-refractivity contribution in [1.82, 2.24) is 10.3 Å². The van der Waals surface area contributed by atoms with Gasteiger partial charge in [-0.2, -0.15) is 0 Å². The third-order valence-corrected chi connectivity index (χ3v) is 4.77. The van der Waals surface area contributed by atoms with Crippen molar-refractivity contribution < 1.29 is 4.92 Å². The van der Waals surface area contributed by atoms with Crippen molar-refractivity contribution in [2.45, 2.75) is 32.6 Å².